The van der Waals surface area contributed by atoms with Crippen LogP contribution in [0.15, 0.2) is 12.3 Å². The van der Waals surface area contributed by atoms with E-state index in [9.17, 15) is 13.2 Å². The van der Waals surface area contributed by atoms with Crippen molar-refractivity contribution in [2.45, 2.75) is 6.36 Å². The molecular weight excluding hydrogens is 151 g/mol. The largest absolute Gasteiger partial charge is 0.545 e. The van der Waals surface area contributed by atoms with Gasteiger partial charge in [-0.3, -0.25) is 0 Å². The van der Waals surface area contributed by atoms with Gasteiger partial charge in [0.1, 0.15) is 6.61 Å². The molecule has 3 nitrogen and oxygen atoms in total. The van der Waals surface area contributed by atoms with Crippen molar-refractivity contribution in [1.82, 2.24) is 5.23 Å². The van der Waals surface area contributed by atoms with Crippen molar-refractivity contribution < 1.29 is 22.8 Å². The van der Waals surface area contributed by atoms with Crippen LogP contribution in [0.5, 0.6) is 0 Å². The molecule has 0 aliphatic carbocycles. The van der Waals surface area contributed by atoms with Crippen LogP contribution < -0.4 is 0 Å². The van der Waals surface area contributed by atoms with Crippen LogP contribution in [0.1, 0.15) is 0 Å². The van der Waals surface area contributed by atoms with Crippen molar-refractivity contribution in [2.24, 2.45) is 0 Å². The Bertz CT molecular complexity index is 144. The number of hydrogen-bond donors (Lipinski definition) is 0. The Labute approximate surface area is 54.5 Å². The first-order valence-corrected chi connectivity index (χ1v) is 2.30. The lowest BCUT2D eigenvalue weighted by atomic mass is 10.7. The lowest BCUT2D eigenvalue weighted by Gasteiger charge is -2.14. The van der Waals surface area contributed by atoms with Crippen LogP contribution in [0.3, 0.4) is 0 Å². The molecule has 1 heterocycles. The van der Waals surface area contributed by atoms with Gasteiger partial charge in [-0.2, -0.15) is 0 Å². The highest BCUT2D eigenvalue weighted by Gasteiger charge is 2.34. The molecule has 6 heteroatoms. The fourth-order valence-electron chi connectivity index (χ4n) is 0.390. The van der Waals surface area contributed by atoms with E-state index >= 15 is 0 Å². The summed E-state index contributed by atoms with van der Waals surface area (Å²) in [5, 5.41) is 0.208. The number of alkyl halides is 3. The van der Waals surface area contributed by atoms with Gasteiger partial charge in [0.15, 0.2) is 0 Å². The summed E-state index contributed by atoms with van der Waals surface area (Å²) in [6.45, 7) is 1.06. The van der Waals surface area contributed by atoms with E-state index in [1.807, 2.05) is 0 Å². The van der Waals surface area contributed by atoms with Gasteiger partial charge in [-0.05, 0) is 6.08 Å². The number of rotatable bonds is 1. The molecule has 0 saturated heterocycles. The molecule has 0 aromatic rings. The lowest BCUT2D eigenvalue weighted by molar-refractivity contribution is -0.467. The molecule has 0 aromatic heterocycles. The van der Waals surface area contributed by atoms with Gasteiger partial charge < -0.3 is 0 Å². The zero-order valence-electron chi connectivity index (χ0n) is 4.63. The van der Waals surface area contributed by atoms with Crippen molar-refractivity contribution in [3.8, 4) is 0 Å². The Morgan fingerprint density at radius 2 is 2.10 bits per heavy atom. The van der Waals surface area contributed by atoms with Crippen LogP contribution in [0, 0.1) is 6.61 Å². The molecule has 57 valence electrons. The summed E-state index contributed by atoms with van der Waals surface area (Å²) < 4.78 is 33.9. The zero-order valence-corrected chi connectivity index (χ0v) is 4.63. The van der Waals surface area contributed by atoms with Crippen molar-refractivity contribution in [3.05, 3.63) is 18.9 Å². The van der Waals surface area contributed by atoms with E-state index in [0.29, 0.717) is 0 Å². The molecule has 0 atom stereocenters. The monoisotopic (exact) mass is 154 g/mol. The molecule has 0 fully saturated rings. The molecule has 0 spiro atoms. The normalized spacial score (nSPS) is 18.5. The average molecular weight is 154 g/mol. The molecule has 1 radical (unpaired) electrons. The Morgan fingerprint density at radius 3 is 2.50 bits per heavy atom. The topological polar surface area (TPSA) is 21.7 Å². The summed E-state index contributed by atoms with van der Waals surface area (Å²) in [5.41, 5.74) is 0. The highest BCUT2D eigenvalue weighted by Crippen LogP contribution is 2.20. The molecule has 10 heavy (non-hydrogen) atoms. The number of hydrogen-bond acceptors (Lipinski definition) is 3. The maximum absolute atomic E-state index is 11.3. The van der Waals surface area contributed by atoms with Gasteiger partial charge in [0, 0.05) is 0 Å². The molecule has 1 aliphatic rings. The van der Waals surface area contributed by atoms with Crippen molar-refractivity contribution in [3.63, 3.8) is 0 Å². The third kappa shape index (κ3) is 2.24. The fraction of sp³-hybridized carbons (Fsp3) is 0.250. The van der Waals surface area contributed by atoms with Crippen molar-refractivity contribution >= 4 is 0 Å². The van der Waals surface area contributed by atoms with Crippen LogP contribution in [-0.4, -0.2) is 11.6 Å². The van der Waals surface area contributed by atoms with Crippen LogP contribution in [0.4, 0.5) is 13.2 Å². The smallest absolute Gasteiger partial charge is 0.238 e. The molecule has 0 N–H and O–H groups in total. The van der Waals surface area contributed by atoms with Crippen LogP contribution in [0.2, 0.25) is 0 Å². The quantitative estimate of drug-likeness (QED) is 0.569. The standard InChI is InChI=1S/C4H3F3NO2/c5-4(6,7)10-8-2-1-3-9-8/h1-3H. The third-order valence-corrected chi connectivity index (χ3v) is 0.645. The van der Waals surface area contributed by atoms with Gasteiger partial charge in [-0.15, -0.1) is 23.2 Å². The Hall–Kier alpha value is -0.750. The molecular formula is C4H3F3NO2. The first-order chi connectivity index (χ1) is 4.58. The Kier molecular flexibility index (Phi) is 1.82. The van der Waals surface area contributed by atoms with Crippen LogP contribution in [0.25, 0.3) is 0 Å². The van der Waals surface area contributed by atoms with Crippen LogP contribution in [-0.2, 0) is 9.68 Å². The highest BCUT2D eigenvalue weighted by atomic mass is 19.4. The molecule has 1 rings (SSSR count). The predicted molar refractivity (Wildman–Crippen MR) is 23.5 cm³/mol. The van der Waals surface area contributed by atoms with Gasteiger partial charge >= 0.3 is 6.36 Å². The number of halogens is 3. The zero-order chi connectivity index (χ0) is 7.61. The maximum atomic E-state index is 11.3. The van der Waals surface area contributed by atoms with Gasteiger partial charge in [0.25, 0.3) is 0 Å². The first kappa shape index (κ1) is 7.36. The lowest BCUT2D eigenvalue weighted by Crippen LogP contribution is -2.24. The summed E-state index contributed by atoms with van der Waals surface area (Å²) in [4.78, 5) is 7.48. The van der Waals surface area contributed by atoms with E-state index in [4.69, 9.17) is 0 Å². The molecule has 0 amide bonds. The Balaban J connectivity index is 2.31. The SMILES string of the molecule is FC(F)(F)ON1C=C[CH]O1. The van der Waals surface area contributed by atoms with Crippen molar-refractivity contribution in [1.29, 1.82) is 0 Å². The van der Waals surface area contributed by atoms with E-state index in [-0.39, 0.29) is 5.23 Å². The first-order valence-electron chi connectivity index (χ1n) is 2.30. The van der Waals surface area contributed by atoms with Crippen molar-refractivity contribution in [2.75, 3.05) is 0 Å². The number of nitrogens with zero attached hydrogens (tertiary/aromatic N) is 1. The van der Waals surface area contributed by atoms with Gasteiger partial charge in [0.05, 0.1) is 6.20 Å². The highest BCUT2D eigenvalue weighted by molar-refractivity contribution is 4.89. The summed E-state index contributed by atoms with van der Waals surface area (Å²) in [5.74, 6) is 0. The third-order valence-electron chi connectivity index (χ3n) is 0.645. The molecule has 1 aliphatic heterocycles. The van der Waals surface area contributed by atoms with Gasteiger partial charge in [0.2, 0.25) is 0 Å². The number of hydroxylamine groups is 2. The summed E-state index contributed by atoms with van der Waals surface area (Å²) in [6.07, 6.45) is -2.44. The minimum Gasteiger partial charge on any atom is -0.238 e. The minimum atomic E-state index is -4.71. The summed E-state index contributed by atoms with van der Waals surface area (Å²) in [6, 6.07) is 0. The minimum absolute atomic E-state index is 0.208. The molecule has 0 bridgehead atoms. The summed E-state index contributed by atoms with van der Waals surface area (Å²) in [7, 11) is 0. The van der Waals surface area contributed by atoms with E-state index in [1.165, 1.54) is 6.08 Å². The van der Waals surface area contributed by atoms with Gasteiger partial charge in [-0.25, -0.2) is 4.84 Å². The van der Waals surface area contributed by atoms with Crippen LogP contribution >= 0.6 is 0 Å². The summed E-state index contributed by atoms with van der Waals surface area (Å²) >= 11 is 0. The maximum Gasteiger partial charge on any atom is 0.545 e. The van der Waals surface area contributed by atoms with E-state index < -0.39 is 6.36 Å². The second-order valence-electron chi connectivity index (χ2n) is 1.41. The molecule has 0 aromatic carbocycles. The van der Waals surface area contributed by atoms with E-state index in [2.05, 4.69) is 9.68 Å². The fourth-order valence-corrected chi connectivity index (χ4v) is 0.390. The Morgan fingerprint density at radius 1 is 1.40 bits per heavy atom. The second-order valence-corrected chi connectivity index (χ2v) is 1.41. The average Bonchev–Trinajstić information content (AvgIpc) is 2.12. The second kappa shape index (κ2) is 2.47. The molecule has 0 saturated carbocycles. The van der Waals surface area contributed by atoms with Gasteiger partial charge in [-0.1, -0.05) is 0 Å². The molecule has 0 unspecified atom stereocenters. The van der Waals surface area contributed by atoms with E-state index in [0.717, 1.165) is 12.8 Å². The predicted octanol–water partition coefficient (Wildman–Crippen LogP) is 1.36. The van der Waals surface area contributed by atoms with E-state index in [1.54, 1.807) is 0 Å².